The molecule has 2 rings (SSSR count). The van der Waals surface area contributed by atoms with Crippen molar-refractivity contribution in [3.63, 3.8) is 0 Å². The fourth-order valence-electron chi connectivity index (χ4n) is 2.12. The summed E-state index contributed by atoms with van der Waals surface area (Å²) in [5.41, 5.74) is 3.55. The summed E-state index contributed by atoms with van der Waals surface area (Å²) in [5, 5.41) is 3.30. The van der Waals surface area contributed by atoms with E-state index in [4.69, 9.17) is 4.84 Å². The van der Waals surface area contributed by atoms with Crippen LogP contribution >= 0.6 is 0 Å². The maximum atomic E-state index is 11.5. The second-order valence-corrected chi connectivity index (χ2v) is 4.70. The van der Waals surface area contributed by atoms with Gasteiger partial charge in [0.05, 0.1) is 6.61 Å². The number of carbonyl (C=O) groups excluding carboxylic acids is 1. The third-order valence-electron chi connectivity index (χ3n) is 3.21. The van der Waals surface area contributed by atoms with Crippen LogP contribution in [0.1, 0.15) is 24.8 Å². The highest BCUT2D eigenvalue weighted by Crippen LogP contribution is 2.13. The first-order valence-corrected chi connectivity index (χ1v) is 6.50. The summed E-state index contributed by atoms with van der Waals surface area (Å²) in [6.07, 6.45) is 2.66. The SMILES string of the molecule is O=C(CCC1CCNC1)NOCc1ccccc1. The molecular weight excluding hydrogens is 228 g/mol. The van der Waals surface area contributed by atoms with Crippen LogP contribution in [0.5, 0.6) is 0 Å². The van der Waals surface area contributed by atoms with Crippen molar-refractivity contribution in [2.45, 2.75) is 25.9 Å². The summed E-state index contributed by atoms with van der Waals surface area (Å²) >= 11 is 0. The maximum absolute atomic E-state index is 11.5. The van der Waals surface area contributed by atoms with Gasteiger partial charge in [-0.2, -0.15) is 0 Å². The Bertz CT molecular complexity index is 361. The van der Waals surface area contributed by atoms with Crippen molar-refractivity contribution < 1.29 is 9.63 Å². The van der Waals surface area contributed by atoms with E-state index < -0.39 is 0 Å². The lowest BCUT2D eigenvalue weighted by atomic mass is 10.0. The predicted octanol–water partition coefficient (Wildman–Crippen LogP) is 1.62. The van der Waals surface area contributed by atoms with Gasteiger partial charge in [0, 0.05) is 6.42 Å². The van der Waals surface area contributed by atoms with E-state index in [0.29, 0.717) is 18.9 Å². The number of carbonyl (C=O) groups is 1. The Labute approximate surface area is 108 Å². The van der Waals surface area contributed by atoms with E-state index in [9.17, 15) is 4.79 Å². The minimum Gasteiger partial charge on any atom is -0.316 e. The molecule has 1 fully saturated rings. The largest absolute Gasteiger partial charge is 0.316 e. The van der Waals surface area contributed by atoms with Gasteiger partial charge in [0.15, 0.2) is 0 Å². The first kappa shape index (κ1) is 13.1. The molecule has 0 aromatic heterocycles. The summed E-state index contributed by atoms with van der Waals surface area (Å²) in [7, 11) is 0. The molecule has 18 heavy (non-hydrogen) atoms. The van der Waals surface area contributed by atoms with E-state index in [1.165, 1.54) is 6.42 Å². The van der Waals surface area contributed by atoms with E-state index in [2.05, 4.69) is 10.8 Å². The highest BCUT2D eigenvalue weighted by Gasteiger charge is 2.15. The van der Waals surface area contributed by atoms with Gasteiger partial charge in [-0.15, -0.1) is 0 Å². The molecule has 1 unspecified atom stereocenters. The van der Waals surface area contributed by atoms with Crippen LogP contribution in [0.25, 0.3) is 0 Å². The summed E-state index contributed by atoms with van der Waals surface area (Å²) in [4.78, 5) is 16.7. The number of benzene rings is 1. The monoisotopic (exact) mass is 248 g/mol. The van der Waals surface area contributed by atoms with E-state index in [1.807, 2.05) is 30.3 Å². The minimum atomic E-state index is -0.0298. The lowest BCUT2D eigenvalue weighted by Gasteiger charge is -2.08. The van der Waals surface area contributed by atoms with Gasteiger partial charge in [-0.25, -0.2) is 5.48 Å². The first-order chi connectivity index (χ1) is 8.84. The average molecular weight is 248 g/mol. The highest BCUT2D eigenvalue weighted by molar-refractivity contribution is 5.74. The van der Waals surface area contributed by atoms with E-state index >= 15 is 0 Å². The number of rotatable bonds is 6. The molecule has 1 saturated heterocycles. The number of hydrogen-bond donors (Lipinski definition) is 2. The van der Waals surface area contributed by atoms with Gasteiger partial charge >= 0.3 is 0 Å². The quantitative estimate of drug-likeness (QED) is 0.752. The van der Waals surface area contributed by atoms with Crippen LogP contribution in [0.15, 0.2) is 30.3 Å². The van der Waals surface area contributed by atoms with Crippen molar-refractivity contribution in [3.05, 3.63) is 35.9 Å². The first-order valence-electron chi connectivity index (χ1n) is 6.50. The number of hydrogen-bond acceptors (Lipinski definition) is 3. The molecule has 1 aromatic rings. The molecule has 98 valence electrons. The average Bonchev–Trinajstić information content (AvgIpc) is 2.91. The van der Waals surface area contributed by atoms with Gasteiger partial charge in [-0.1, -0.05) is 30.3 Å². The van der Waals surface area contributed by atoms with Crippen molar-refractivity contribution in [1.29, 1.82) is 0 Å². The predicted molar refractivity (Wildman–Crippen MR) is 69.6 cm³/mol. The molecule has 0 bridgehead atoms. The topological polar surface area (TPSA) is 50.4 Å². The van der Waals surface area contributed by atoms with Crippen molar-refractivity contribution in [2.24, 2.45) is 5.92 Å². The van der Waals surface area contributed by atoms with Crippen LogP contribution in [-0.2, 0) is 16.2 Å². The maximum Gasteiger partial charge on any atom is 0.243 e. The number of hydroxylamine groups is 1. The highest BCUT2D eigenvalue weighted by atomic mass is 16.6. The Kier molecular flexibility index (Phi) is 5.17. The molecule has 4 heteroatoms. The normalized spacial score (nSPS) is 18.8. The molecule has 4 nitrogen and oxygen atoms in total. The van der Waals surface area contributed by atoms with Crippen molar-refractivity contribution in [2.75, 3.05) is 13.1 Å². The number of amides is 1. The van der Waals surface area contributed by atoms with Crippen molar-refractivity contribution in [3.8, 4) is 0 Å². The van der Waals surface area contributed by atoms with Gasteiger partial charge in [0.1, 0.15) is 0 Å². The fraction of sp³-hybridized carbons (Fsp3) is 0.500. The van der Waals surface area contributed by atoms with Gasteiger partial charge in [0.25, 0.3) is 0 Å². The zero-order valence-electron chi connectivity index (χ0n) is 10.5. The van der Waals surface area contributed by atoms with E-state index in [-0.39, 0.29) is 5.91 Å². The molecule has 1 atom stereocenters. The van der Waals surface area contributed by atoms with Crippen LogP contribution in [0.4, 0.5) is 0 Å². The Morgan fingerprint density at radius 1 is 1.39 bits per heavy atom. The zero-order chi connectivity index (χ0) is 12.6. The van der Waals surface area contributed by atoms with Crippen molar-refractivity contribution in [1.82, 2.24) is 10.8 Å². The third-order valence-corrected chi connectivity index (χ3v) is 3.21. The fourth-order valence-corrected chi connectivity index (χ4v) is 2.12. The van der Waals surface area contributed by atoms with E-state index in [1.54, 1.807) is 0 Å². The molecular formula is C14H20N2O2. The second-order valence-electron chi connectivity index (χ2n) is 4.70. The molecule has 1 amide bonds. The van der Waals surface area contributed by atoms with Gasteiger partial charge < -0.3 is 5.32 Å². The summed E-state index contributed by atoms with van der Waals surface area (Å²) in [6, 6.07) is 9.80. The van der Waals surface area contributed by atoms with Crippen LogP contribution in [0.3, 0.4) is 0 Å². The molecule has 2 N–H and O–H groups in total. The number of nitrogens with one attached hydrogen (secondary N) is 2. The second kappa shape index (κ2) is 7.13. The Morgan fingerprint density at radius 2 is 2.22 bits per heavy atom. The van der Waals surface area contributed by atoms with E-state index in [0.717, 1.165) is 25.1 Å². The third kappa shape index (κ3) is 4.47. The molecule has 1 heterocycles. The molecule has 1 aliphatic rings. The molecule has 1 aliphatic heterocycles. The van der Waals surface area contributed by atoms with Gasteiger partial charge in [-0.3, -0.25) is 9.63 Å². The molecule has 0 saturated carbocycles. The van der Waals surface area contributed by atoms with Crippen LogP contribution in [0.2, 0.25) is 0 Å². The lowest BCUT2D eigenvalue weighted by molar-refractivity contribution is -0.134. The molecule has 0 spiro atoms. The zero-order valence-corrected chi connectivity index (χ0v) is 10.5. The lowest BCUT2D eigenvalue weighted by Crippen LogP contribution is -2.24. The van der Waals surface area contributed by atoms with Crippen LogP contribution in [0, 0.1) is 5.92 Å². The Balaban J connectivity index is 1.57. The standard InChI is InChI=1S/C14H20N2O2/c17-14(7-6-12-8-9-15-10-12)16-18-11-13-4-2-1-3-5-13/h1-5,12,15H,6-11H2,(H,16,17). The Hall–Kier alpha value is -1.39. The minimum absolute atomic E-state index is 0.0298. The van der Waals surface area contributed by atoms with Crippen LogP contribution in [-0.4, -0.2) is 19.0 Å². The summed E-state index contributed by atoms with van der Waals surface area (Å²) in [5.74, 6) is 0.614. The molecule has 1 aromatic carbocycles. The van der Waals surface area contributed by atoms with Gasteiger partial charge in [0.2, 0.25) is 5.91 Å². The molecule has 0 radical (unpaired) electrons. The Morgan fingerprint density at radius 3 is 2.94 bits per heavy atom. The molecule has 0 aliphatic carbocycles. The van der Waals surface area contributed by atoms with Crippen LogP contribution < -0.4 is 10.8 Å². The summed E-state index contributed by atoms with van der Waals surface area (Å²) in [6.45, 7) is 2.53. The summed E-state index contributed by atoms with van der Waals surface area (Å²) < 4.78 is 0. The van der Waals surface area contributed by atoms with Gasteiger partial charge in [-0.05, 0) is 37.4 Å². The van der Waals surface area contributed by atoms with Crippen molar-refractivity contribution >= 4 is 5.91 Å². The smallest absolute Gasteiger partial charge is 0.243 e.